The zero-order valence-corrected chi connectivity index (χ0v) is 11.4. The molecular weight excluding hydrogens is 248 g/mol. The minimum Gasteiger partial charge on any atom is -0.467 e. The molecule has 0 saturated carbocycles. The van der Waals surface area contributed by atoms with Crippen LogP contribution in [0.15, 0.2) is 34.9 Å². The zero-order chi connectivity index (χ0) is 13.0. The second-order valence-corrected chi connectivity index (χ2v) is 4.51. The average Bonchev–Trinajstić information content (AvgIpc) is 2.90. The van der Waals surface area contributed by atoms with E-state index in [0.717, 1.165) is 29.3 Å². The van der Waals surface area contributed by atoms with E-state index in [1.165, 1.54) is 0 Å². The summed E-state index contributed by atoms with van der Waals surface area (Å²) < 4.78 is 5.34. The van der Waals surface area contributed by atoms with Gasteiger partial charge in [-0.25, -0.2) is 4.98 Å². The molecule has 0 aliphatic rings. The Balaban J connectivity index is 2.20. The van der Waals surface area contributed by atoms with E-state index in [9.17, 15) is 0 Å². The minimum absolute atomic E-state index is 0.511. The molecule has 2 heterocycles. The predicted octanol–water partition coefficient (Wildman–Crippen LogP) is 3.61. The van der Waals surface area contributed by atoms with E-state index in [0.29, 0.717) is 12.4 Å². The van der Waals surface area contributed by atoms with Gasteiger partial charge in [0.25, 0.3) is 0 Å². The van der Waals surface area contributed by atoms with Crippen molar-refractivity contribution in [1.29, 1.82) is 0 Å². The highest BCUT2D eigenvalue weighted by Crippen LogP contribution is 2.18. The highest BCUT2D eigenvalue weighted by molar-refractivity contribution is 6.17. The third kappa shape index (κ3) is 3.05. The number of halogens is 1. The molecule has 0 bridgehead atoms. The van der Waals surface area contributed by atoms with Gasteiger partial charge >= 0.3 is 0 Å². The van der Waals surface area contributed by atoms with Crippen molar-refractivity contribution in [3.05, 3.63) is 47.5 Å². The Hall–Kier alpha value is -1.48. The van der Waals surface area contributed by atoms with Gasteiger partial charge in [0.05, 0.1) is 12.8 Å². The van der Waals surface area contributed by atoms with Crippen LogP contribution in [0.25, 0.3) is 0 Å². The van der Waals surface area contributed by atoms with Crippen molar-refractivity contribution in [3.63, 3.8) is 0 Å². The van der Waals surface area contributed by atoms with Gasteiger partial charge in [-0.3, -0.25) is 0 Å². The number of nitrogens with zero attached hydrogens (tertiary/aromatic N) is 2. The van der Waals surface area contributed by atoms with E-state index in [1.54, 1.807) is 6.26 Å². The van der Waals surface area contributed by atoms with Gasteiger partial charge in [0.15, 0.2) is 0 Å². The van der Waals surface area contributed by atoms with Crippen LogP contribution in [0.1, 0.15) is 23.9 Å². The van der Waals surface area contributed by atoms with Crippen LogP contribution in [0, 0.1) is 0 Å². The number of aromatic nitrogens is 1. The molecule has 3 nitrogen and oxygen atoms in total. The first-order valence-corrected chi connectivity index (χ1v) is 6.55. The number of hydrogen-bond acceptors (Lipinski definition) is 3. The molecule has 2 aromatic heterocycles. The second-order valence-electron chi connectivity index (χ2n) is 4.25. The molecule has 0 unspecified atom stereocenters. The van der Waals surface area contributed by atoms with Crippen LogP contribution in [-0.2, 0) is 18.8 Å². The number of hydrogen-bond donors (Lipinski definition) is 0. The Bertz CT molecular complexity index is 474. The smallest absolute Gasteiger partial charge is 0.129 e. The topological polar surface area (TPSA) is 29.3 Å². The zero-order valence-electron chi connectivity index (χ0n) is 10.7. The van der Waals surface area contributed by atoms with Gasteiger partial charge < -0.3 is 9.32 Å². The van der Waals surface area contributed by atoms with Crippen LogP contribution in [0.2, 0.25) is 0 Å². The molecule has 0 radical (unpaired) electrons. The molecule has 0 saturated heterocycles. The van der Waals surface area contributed by atoms with Crippen molar-refractivity contribution in [1.82, 2.24) is 4.98 Å². The Labute approximate surface area is 112 Å². The molecule has 0 atom stereocenters. The summed E-state index contributed by atoms with van der Waals surface area (Å²) >= 11 is 5.91. The molecular formula is C14H17ClN2O. The summed E-state index contributed by atoms with van der Waals surface area (Å²) in [5.74, 6) is 2.37. The van der Waals surface area contributed by atoms with Gasteiger partial charge in [-0.15, -0.1) is 11.6 Å². The van der Waals surface area contributed by atoms with Crippen molar-refractivity contribution in [3.8, 4) is 0 Å². The molecule has 0 aliphatic heterocycles. The summed E-state index contributed by atoms with van der Waals surface area (Å²) in [6, 6.07) is 7.93. The van der Waals surface area contributed by atoms with E-state index in [-0.39, 0.29) is 0 Å². The maximum Gasteiger partial charge on any atom is 0.129 e. The molecule has 96 valence electrons. The number of furan rings is 1. The number of alkyl halides is 1. The lowest BCUT2D eigenvalue weighted by Crippen LogP contribution is -2.18. The minimum atomic E-state index is 0.511. The molecule has 0 aromatic carbocycles. The summed E-state index contributed by atoms with van der Waals surface area (Å²) in [5.41, 5.74) is 2.17. The monoisotopic (exact) mass is 264 g/mol. The van der Waals surface area contributed by atoms with Crippen molar-refractivity contribution in [2.45, 2.75) is 25.8 Å². The lowest BCUT2D eigenvalue weighted by Gasteiger charge is -2.18. The molecule has 0 amide bonds. The first kappa shape index (κ1) is 13.0. The maximum atomic E-state index is 5.91. The fourth-order valence-corrected chi connectivity index (χ4v) is 1.96. The highest BCUT2D eigenvalue weighted by Gasteiger charge is 2.08. The Morgan fingerprint density at radius 1 is 1.39 bits per heavy atom. The lowest BCUT2D eigenvalue weighted by molar-refractivity contribution is 0.507. The quantitative estimate of drug-likeness (QED) is 0.773. The molecule has 2 rings (SSSR count). The predicted molar refractivity (Wildman–Crippen MR) is 74.0 cm³/mol. The first-order chi connectivity index (χ1) is 8.72. The summed E-state index contributed by atoms with van der Waals surface area (Å²) in [7, 11) is 2.00. The van der Waals surface area contributed by atoms with Gasteiger partial charge in [0.2, 0.25) is 0 Å². The lowest BCUT2D eigenvalue weighted by atomic mass is 10.2. The molecule has 0 spiro atoms. The van der Waals surface area contributed by atoms with Gasteiger partial charge in [-0.05, 0) is 36.2 Å². The summed E-state index contributed by atoms with van der Waals surface area (Å²) in [4.78, 5) is 6.67. The van der Waals surface area contributed by atoms with Crippen LogP contribution < -0.4 is 4.90 Å². The third-order valence-corrected chi connectivity index (χ3v) is 3.11. The van der Waals surface area contributed by atoms with Crippen molar-refractivity contribution in [2.75, 3.05) is 11.9 Å². The Morgan fingerprint density at radius 2 is 2.22 bits per heavy atom. The number of anilines is 1. The largest absolute Gasteiger partial charge is 0.467 e. The summed E-state index contributed by atoms with van der Waals surface area (Å²) in [5, 5.41) is 0. The van der Waals surface area contributed by atoms with Crippen LogP contribution in [0.3, 0.4) is 0 Å². The second kappa shape index (κ2) is 5.91. The average molecular weight is 265 g/mol. The molecule has 0 fully saturated rings. The van der Waals surface area contributed by atoms with E-state index in [2.05, 4.69) is 22.9 Å². The van der Waals surface area contributed by atoms with Crippen LogP contribution >= 0.6 is 11.6 Å². The third-order valence-electron chi connectivity index (χ3n) is 2.81. The summed E-state index contributed by atoms with van der Waals surface area (Å²) in [6.07, 6.45) is 2.59. The molecule has 0 aliphatic carbocycles. The van der Waals surface area contributed by atoms with Gasteiger partial charge in [0, 0.05) is 18.6 Å². The molecule has 4 heteroatoms. The Kier molecular flexibility index (Phi) is 4.26. The van der Waals surface area contributed by atoms with E-state index in [1.807, 2.05) is 25.2 Å². The van der Waals surface area contributed by atoms with E-state index in [4.69, 9.17) is 16.0 Å². The van der Waals surface area contributed by atoms with Gasteiger partial charge in [-0.1, -0.05) is 6.92 Å². The fourth-order valence-electron chi connectivity index (χ4n) is 1.80. The van der Waals surface area contributed by atoms with E-state index >= 15 is 0 Å². The van der Waals surface area contributed by atoms with E-state index < -0.39 is 0 Å². The van der Waals surface area contributed by atoms with Crippen molar-refractivity contribution in [2.24, 2.45) is 0 Å². The van der Waals surface area contributed by atoms with Crippen molar-refractivity contribution < 1.29 is 4.42 Å². The standard InChI is InChI=1S/C14H17ClN2O/c1-3-12-7-11(9-15)8-14(16-12)17(2)10-13-5-4-6-18-13/h4-8H,3,9-10H2,1-2H3. The van der Waals surface area contributed by atoms with Gasteiger partial charge in [-0.2, -0.15) is 0 Å². The van der Waals surface area contributed by atoms with Crippen LogP contribution in [0.5, 0.6) is 0 Å². The van der Waals surface area contributed by atoms with Crippen LogP contribution in [-0.4, -0.2) is 12.0 Å². The highest BCUT2D eigenvalue weighted by atomic mass is 35.5. The Morgan fingerprint density at radius 3 is 2.83 bits per heavy atom. The SMILES string of the molecule is CCc1cc(CCl)cc(N(C)Cc2ccco2)n1. The number of pyridine rings is 1. The number of aryl methyl sites for hydroxylation is 1. The number of rotatable bonds is 5. The molecule has 0 N–H and O–H groups in total. The molecule has 2 aromatic rings. The molecule has 18 heavy (non-hydrogen) atoms. The van der Waals surface area contributed by atoms with Crippen molar-refractivity contribution >= 4 is 17.4 Å². The summed E-state index contributed by atoms with van der Waals surface area (Å²) in [6.45, 7) is 2.80. The normalized spacial score (nSPS) is 10.6. The van der Waals surface area contributed by atoms with Gasteiger partial charge in [0.1, 0.15) is 11.6 Å². The maximum absolute atomic E-state index is 5.91. The fraction of sp³-hybridized carbons (Fsp3) is 0.357. The van der Waals surface area contributed by atoms with Crippen LogP contribution in [0.4, 0.5) is 5.82 Å². The first-order valence-electron chi connectivity index (χ1n) is 6.02.